The quantitative estimate of drug-likeness (QED) is 0.476. The van der Waals surface area contributed by atoms with Crippen LogP contribution in [0.25, 0.3) is 11.0 Å². The number of fused-ring (bicyclic) bond motifs is 1. The molecule has 0 spiro atoms. The topological polar surface area (TPSA) is 104 Å². The molecule has 10 heteroatoms. The summed E-state index contributed by atoms with van der Waals surface area (Å²) in [4.78, 5) is 40.1. The number of aryl methyl sites for hydroxylation is 2. The van der Waals surface area contributed by atoms with E-state index >= 15 is 0 Å². The van der Waals surface area contributed by atoms with Crippen molar-refractivity contribution in [2.24, 2.45) is 14.1 Å². The number of aromatic nitrogens is 2. The summed E-state index contributed by atoms with van der Waals surface area (Å²) in [7, 11) is 3.14. The molecule has 4 rings (SSSR count). The molecule has 1 aromatic heterocycles. The van der Waals surface area contributed by atoms with Crippen LogP contribution >= 0.6 is 0 Å². The first-order valence-electron chi connectivity index (χ1n) is 12.1. The van der Waals surface area contributed by atoms with Crippen LogP contribution in [0.2, 0.25) is 0 Å². The monoisotopic (exact) mass is 496 g/mol. The minimum atomic E-state index is -0.626. The number of ether oxygens (including phenoxy) is 3. The van der Waals surface area contributed by atoms with Crippen LogP contribution in [0.5, 0.6) is 11.5 Å². The number of morpholine rings is 1. The number of amides is 1. The summed E-state index contributed by atoms with van der Waals surface area (Å²) in [6, 6.07) is 9.07. The Kier molecular flexibility index (Phi) is 7.64. The molecular formula is C26H32N4O6. The van der Waals surface area contributed by atoms with Gasteiger partial charge in [0.15, 0.2) is 11.5 Å². The summed E-state index contributed by atoms with van der Waals surface area (Å²) in [5, 5.41) is 3.02. The summed E-state index contributed by atoms with van der Waals surface area (Å²) in [5.41, 5.74) is 2.05. The normalized spacial score (nSPS) is 13.6. The van der Waals surface area contributed by atoms with E-state index in [1.807, 2.05) is 38.1 Å². The second-order valence-corrected chi connectivity index (χ2v) is 8.56. The molecule has 1 aliphatic rings. The highest BCUT2D eigenvalue weighted by atomic mass is 16.5. The van der Waals surface area contributed by atoms with Gasteiger partial charge in [-0.25, -0.2) is 0 Å². The van der Waals surface area contributed by atoms with Crippen LogP contribution < -0.4 is 30.8 Å². The van der Waals surface area contributed by atoms with Gasteiger partial charge in [0.25, 0.3) is 0 Å². The van der Waals surface area contributed by atoms with Crippen LogP contribution in [0.15, 0.2) is 39.9 Å². The lowest BCUT2D eigenvalue weighted by molar-refractivity contribution is -0.115. The molecular weight excluding hydrogens is 464 g/mol. The van der Waals surface area contributed by atoms with E-state index in [2.05, 4.69) is 10.2 Å². The number of nitrogens with zero attached hydrogens (tertiary/aromatic N) is 3. The second-order valence-electron chi connectivity index (χ2n) is 8.56. The van der Waals surface area contributed by atoms with Crippen molar-refractivity contribution in [2.75, 3.05) is 49.7 Å². The van der Waals surface area contributed by atoms with Gasteiger partial charge in [-0.05, 0) is 43.7 Å². The van der Waals surface area contributed by atoms with E-state index in [1.165, 1.54) is 9.13 Å². The van der Waals surface area contributed by atoms with Crippen molar-refractivity contribution in [1.29, 1.82) is 0 Å². The van der Waals surface area contributed by atoms with E-state index in [0.29, 0.717) is 67.7 Å². The van der Waals surface area contributed by atoms with E-state index in [1.54, 1.807) is 20.2 Å². The lowest BCUT2D eigenvalue weighted by atomic mass is 10.1. The predicted molar refractivity (Wildman–Crippen MR) is 139 cm³/mol. The van der Waals surface area contributed by atoms with Gasteiger partial charge in [0.05, 0.1) is 55.3 Å². The number of carbonyl (C=O) groups excluding carboxylic acids is 1. The third-order valence-corrected chi connectivity index (χ3v) is 6.21. The Morgan fingerprint density at radius 3 is 2.17 bits per heavy atom. The molecule has 0 unspecified atom stereocenters. The van der Waals surface area contributed by atoms with E-state index in [-0.39, 0.29) is 12.3 Å². The Balaban J connectivity index is 1.70. The molecule has 10 nitrogen and oxygen atoms in total. The van der Waals surface area contributed by atoms with Crippen molar-refractivity contribution in [3.05, 3.63) is 56.6 Å². The highest BCUT2D eigenvalue weighted by molar-refractivity contribution is 5.99. The maximum atomic E-state index is 13.2. The summed E-state index contributed by atoms with van der Waals surface area (Å²) in [5.74, 6) is 1.02. The van der Waals surface area contributed by atoms with Crippen LogP contribution in [0.3, 0.4) is 0 Å². The van der Waals surface area contributed by atoms with Crippen molar-refractivity contribution in [3.63, 3.8) is 0 Å². The third kappa shape index (κ3) is 5.08. The number of nitrogens with one attached hydrogen (secondary N) is 1. The van der Waals surface area contributed by atoms with Gasteiger partial charge in [0, 0.05) is 27.2 Å². The Labute approximate surface area is 209 Å². The molecule has 2 heterocycles. The fraction of sp³-hybridized carbons (Fsp3) is 0.423. The summed E-state index contributed by atoms with van der Waals surface area (Å²) in [6.07, 6.45) is 0.124. The Morgan fingerprint density at radius 2 is 1.53 bits per heavy atom. The van der Waals surface area contributed by atoms with Gasteiger partial charge in [-0.15, -0.1) is 0 Å². The molecule has 0 radical (unpaired) electrons. The maximum Gasteiger partial charge on any atom is 0.316 e. The predicted octanol–water partition coefficient (Wildman–Crippen LogP) is 2.05. The standard InChI is InChI=1S/C26H32N4O6/c1-5-35-22-8-7-17(13-23(22)36-6-2)14-24(31)27-18-15-20-21(29(4)26(33)25(32)28(20)3)16-19(18)30-9-11-34-12-10-30/h7-8,13,15-16H,5-6,9-12,14H2,1-4H3,(H,27,31). The smallest absolute Gasteiger partial charge is 0.316 e. The zero-order chi connectivity index (χ0) is 25.8. The molecule has 1 N–H and O–H groups in total. The fourth-order valence-corrected chi connectivity index (χ4v) is 4.36. The average molecular weight is 497 g/mol. The van der Waals surface area contributed by atoms with Crippen LogP contribution in [0.4, 0.5) is 11.4 Å². The zero-order valence-corrected chi connectivity index (χ0v) is 21.1. The van der Waals surface area contributed by atoms with Crippen LogP contribution in [0.1, 0.15) is 19.4 Å². The lowest BCUT2D eigenvalue weighted by Crippen LogP contribution is -2.40. The Bertz CT molecular complexity index is 1390. The highest BCUT2D eigenvalue weighted by Crippen LogP contribution is 2.32. The van der Waals surface area contributed by atoms with Gasteiger partial charge in [0.2, 0.25) is 5.91 Å². The molecule has 0 atom stereocenters. The van der Waals surface area contributed by atoms with Crippen LogP contribution in [-0.4, -0.2) is 54.6 Å². The summed E-state index contributed by atoms with van der Waals surface area (Å²) >= 11 is 0. The zero-order valence-electron chi connectivity index (χ0n) is 21.1. The SMILES string of the molecule is CCOc1ccc(CC(=O)Nc2cc3c(cc2N2CCOCC2)n(C)c(=O)c(=O)n3C)cc1OCC. The number of anilines is 2. The molecule has 0 saturated carbocycles. The van der Waals surface area contributed by atoms with Gasteiger partial charge < -0.3 is 33.6 Å². The van der Waals surface area contributed by atoms with Crippen molar-refractivity contribution < 1.29 is 19.0 Å². The van der Waals surface area contributed by atoms with Gasteiger partial charge in [-0.3, -0.25) is 14.4 Å². The third-order valence-electron chi connectivity index (χ3n) is 6.21. The second kappa shape index (κ2) is 10.9. The number of benzene rings is 2. The minimum Gasteiger partial charge on any atom is -0.490 e. The van der Waals surface area contributed by atoms with E-state index in [0.717, 1.165) is 11.3 Å². The molecule has 36 heavy (non-hydrogen) atoms. The molecule has 192 valence electrons. The van der Waals surface area contributed by atoms with Gasteiger partial charge in [-0.1, -0.05) is 6.07 Å². The van der Waals surface area contributed by atoms with E-state index in [4.69, 9.17) is 14.2 Å². The van der Waals surface area contributed by atoms with Crippen molar-refractivity contribution in [1.82, 2.24) is 9.13 Å². The Morgan fingerprint density at radius 1 is 0.917 bits per heavy atom. The van der Waals surface area contributed by atoms with Crippen molar-refractivity contribution in [2.45, 2.75) is 20.3 Å². The molecule has 0 aliphatic carbocycles. The number of hydrogen-bond acceptors (Lipinski definition) is 7. The molecule has 1 saturated heterocycles. The summed E-state index contributed by atoms with van der Waals surface area (Å²) in [6.45, 7) is 7.20. The average Bonchev–Trinajstić information content (AvgIpc) is 2.88. The molecule has 2 aromatic carbocycles. The maximum absolute atomic E-state index is 13.2. The molecule has 1 fully saturated rings. The highest BCUT2D eigenvalue weighted by Gasteiger charge is 2.20. The summed E-state index contributed by atoms with van der Waals surface area (Å²) < 4.78 is 19.5. The molecule has 3 aromatic rings. The number of rotatable bonds is 8. The van der Waals surface area contributed by atoms with Crippen molar-refractivity contribution >= 4 is 28.3 Å². The number of hydrogen-bond donors (Lipinski definition) is 1. The molecule has 1 aliphatic heterocycles. The van der Waals surface area contributed by atoms with Crippen LogP contribution in [0, 0.1) is 0 Å². The lowest BCUT2D eigenvalue weighted by Gasteiger charge is -2.31. The first kappa shape index (κ1) is 25.3. The minimum absolute atomic E-state index is 0.124. The van der Waals surface area contributed by atoms with Gasteiger partial charge in [0.1, 0.15) is 0 Å². The fourth-order valence-electron chi connectivity index (χ4n) is 4.36. The molecule has 1 amide bonds. The van der Waals surface area contributed by atoms with E-state index < -0.39 is 11.1 Å². The number of carbonyl (C=O) groups is 1. The van der Waals surface area contributed by atoms with Crippen LogP contribution in [-0.2, 0) is 30.0 Å². The largest absolute Gasteiger partial charge is 0.490 e. The van der Waals surface area contributed by atoms with Gasteiger partial charge in [-0.2, -0.15) is 0 Å². The van der Waals surface area contributed by atoms with Gasteiger partial charge >= 0.3 is 11.1 Å². The van der Waals surface area contributed by atoms with Crippen molar-refractivity contribution in [3.8, 4) is 11.5 Å². The van der Waals surface area contributed by atoms with E-state index in [9.17, 15) is 14.4 Å². The molecule has 0 bridgehead atoms. The first-order valence-corrected chi connectivity index (χ1v) is 12.1. The Hall–Kier alpha value is -3.79. The first-order chi connectivity index (χ1) is 17.3.